The summed E-state index contributed by atoms with van der Waals surface area (Å²) in [6.07, 6.45) is -4.68. The fraction of sp³-hybridized carbons (Fsp3) is 0.250. The smallest absolute Gasteiger partial charge is 0.238 e. The van der Waals surface area contributed by atoms with Gasteiger partial charge >= 0.3 is 6.18 Å². The molecule has 0 unspecified atom stereocenters. The Balaban J connectivity index is 1.97. The Morgan fingerprint density at radius 1 is 1.10 bits per heavy atom. The van der Waals surface area contributed by atoms with Crippen molar-refractivity contribution in [1.29, 1.82) is 0 Å². The molecule has 0 saturated heterocycles. The average molecular weight is 458 g/mol. The normalized spacial score (nSPS) is 12.5. The van der Waals surface area contributed by atoms with E-state index in [0.717, 1.165) is 27.8 Å². The maximum atomic E-state index is 13.0. The zero-order chi connectivity index (χ0) is 22.3. The molecule has 0 N–H and O–H groups in total. The van der Waals surface area contributed by atoms with Crippen LogP contribution in [0.15, 0.2) is 53.4 Å². The number of aromatic nitrogens is 2. The van der Waals surface area contributed by atoms with Gasteiger partial charge in [-0.3, -0.25) is 0 Å². The number of aryl methyl sites for hydroxylation is 1. The number of rotatable bonds is 5. The molecule has 0 spiro atoms. The molecule has 3 rings (SSSR count). The van der Waals surface area contributed by atoms with E-state index in [9.17, 15) is 21.6 Å². The maximum absolute atomic E-state index is 13.0. The Bertz CT molecular complexity index is 1180. The Kier molecular flexibility index (Phi) is 5.99. The number of alkyl halides is 3. The number of sulfonamides is 1. The summed E-state index contributed by atoms with van der Waals surface area (Å²) in [6, 6.07) is 11.6. The second-order valence-electron chi connectivity index (χ2n) is 6.80. The van der Waals surface area contributed by atoms with E-state index in [1.165, 1.54) is 7.05 Å². The van der Waals surface area contributed by atoms with E-state index < -0.39 is 26.7 Å². The first-order valence-corrected chi connectivity index (χ1v) is 10.7. The number of nitrogens with zero attached hydrogens (tertiary/aromatic N) is 3. The molecule has 3 aromatic rings. The minimum absolute atomic E-state index is 0.0700. The highest BCUT2D eigenvalue weighted by molar-refractivity contribution is 7.89. The molecule has 10 heteroatoms. The molecule has 30 heavy (non-hydrogen) atoms. The van der Waals surface area contributed by atoms with E-state index in [1.807, 2.05) is 30.3 Å². The van der Waals surface area contributed by atoms with Crippen molar-refractivity contribution in [2.24, 2.45) is 0 Å². The van der Waals surface area contributed by atoms with Gasteiger partial charge in [-0.05, 0) is 44.2 Å². The SMILES string of the molecule is Cc1nn(-c2ccccc2)c(C)c1CN(C)S(=O)(=O)c1cc(C(F)(F)F)ccc1Cl. The molecule has 0 atom stereocenters. The molecular weight excluding hydrogens is 439 g/mol. The van der Waals surface area contributed by atoms with E-state index in [1.54, 1.807) is 18.5 Å². The van der Waals surface area contributed by atoms with Gasteiger partial charge in [-0.25, -0.2) is 13.1 Å². The lowest BCUT2D eigenvalue weighted by Crippen LogP contribution is -2.27. The molecule has 2 aromatic carbocycles. The molecule has 0 amide bonds. The molecule has 160 valence electrons. The Hall–Kier alpha value is -2.36. The van der Waals surface area contributed by atoms with Crippen LogP contribution in [0.1, 0.15) is 22.5 Å². The van der Waals surface area contributed by atoms with Crippen molar-refractivity contribution in [3.05, 3.63) is 76.1 Å². The summed E-state index contributed by atoms with van der Waals surface area (Å²) in [6.45, 7) is 3.49. The quantitative estimate of drug-likeness (QED) is 0.543. The Morgan fingerprint density at radius 2 is 1.73 bits per heavy atom. The second kappa shape index (κ2) is 8.05. The third kappa shape index (κ3) is 4.23. The Labute approximate surface area is 177 Å². The van der Waals surface area contributed by atoms with Crippen LogP contribution in [0.3, 0.4) is 0 Å². The van der Waals surface area contributed by atoms with E-state index in [4.69, 9.17) is 11.6 Å². The predicted octanol–water partition coefficient (Wildman–Crippen LogP) is 4.98. The van der Waals surface area contributed by atoms with Gasteiger partial charge in [0, 0.05) is 24.8 Å². The van der Waals surface area contributed by atoms with Gasteiger partial charge in [-0.1, -0.05) is 29.8 Å². The van der Waals surface area contributed by atoms with Crippen LogP contribution < -0.4 is 0 Å². The monoisotopic (exact) mass is 457 g/mol. The lowest BCUT2D eigenvalue weighted by Gasteiger charge is -2.19. The minimum atomic E-state index is -4.68. The van der Waals surface area contributed by atoms with Crippen molar-refractivity contribution < 1.29 is 21.6 Å². The van der Waals surface area contributed by atoms with Gasteiger partial charge in [0.15, 0.2) is 0 Å². The van der Waals surface area contributed by atoms with Crippen molar-refractivity contribution in [2.75, 3.05) is 7.05 Å². The van der Waals surface area contributed by atoms with Gasteiger partial charge < -0.3 is 0 Å². The zero-order valence-electron chi connectivity index (χ0n) is 16.4. The largest absolute Gasteiger partial charge is 0.416 e. The first kappa shape index (κ1) is 22.3. The van der Waals surface area contributed by atoms with Crippen molar-refractivity contribution in [1.82, 2.24) is 14.1 Å². The summed E-state index contributed by atoms with van der Waals surface area (Å²) in [4.78, 5) is -0.591. The highest BCUT2D eigenvalue weighted by atomic mass is 35.5. The lowest BCUT2D eigenvalue weighted by atomic mass is 10.2. The van der Waals surface area contributed by atoms with Crippen LogP contribution in [0, 0.1) is 13.8 Å². The highest BCUT2D eigenvalue weighted by Gasteiger charge is 2.34. The standard InChI is InChI=1S/C20H19ClF3N3O2S/c1-13-17(14(2)27(25-13)16-7-5-4-6-8-16)12-26(3)30(28,29)19-11-15(20(22,23)24)9-10-18(19)21/h4-11H,12H2,1-3H3. The molecule has 0 aliphatic rings. The fourth-order valence-corrected chi connectivity index (χ4v) is 4.71. The maximum Gasteiger partial charge on any atom is 0.416 e. The van der Waals surface area contributed by atoms with E-state index in [2.05, 4.69) is 5.10 Å². The first-order chi connectivity index (χ1) is 13.9. The molecule has 1 aromatic heterocycles. The van der Waals surface area contributed by atoms with E-state index >= 15 is 0 Å². The zero-order valence-corrected chi connectivity index (χ0v) is 18.0. The predicted molar refractivity (Wildman–Crippen MR) is 108 cm³/mol. The van der Waals surface area contributed by atoms with Crippen molar-refractivity contribution in [3.8, 4) is 5.69 Å². The van der Waals surface area contributed by atoms with E-state index in [-0.39, 0.29) is 11.6 Å². The van der Waals surface area contributed by atoms with Crippen LogP contribution >= 0.6 is 11.6 Å². The van der Waals surface area contributed by atoms with Crippen LogP contribution in [0.25, 0.3) is 5.69 Å². The lowest BCUT2D eigenvalue weighted by molar-refractivity contribution is -0.137. The number of hydrogen-bond donors (Lipinski definition) is 0. The summed E-state index contributed by atoms with van der Waals surface area (Å²) >= 11 is 5.93. The number of benzene rings is 2. The van der Waals surface area contributed by atoms with Crippen LogP contribution in [0.5, 0.6) is 0 Å². The summed E-state index contributed by atoms with van der Waals surface area (Å²) < 4.78 is 67.8. The topological polar surface area (TPSA) is 55.2 Å². The van der Waals surface area contributed by atoms with E-state index in [0.29, 0.717) is 17.3 Å². The molecule has 5 nitrogen and oxygen atoms in total. The molecule has 0 fully saturated rings. The first-order valence-electron chi connectivity index (χ1n) is 8.86. The molecule has 0 aliphatic carbocycles. The summed E-state index contributed by atoms with van der Waals surface area (Å²) in [7, 11) is -2.98. The summed E-state index contributed by atoms with van der Waals surface area (Å²) in [5, 5.41) is 4.20. The highest BCUT2D eigenvalue weighted by Crippen LogP contribution is 2.34. The third-order valence-corrected chi connectivity index (χ3v) is 7.05. The summed E-state index contributed by atoms with van der Waals surface area (Å²) in [5.74, 6) is 0. The van der Waals surface area contributed by atoms with Crippen LogP contribution in [-0.2, 0) is 22.7 Å². The molecule has 0 radical (unpaired) electrons. The third-order valence-electron chi connectivity index (χ3n) is 4.77. The van der Waals surface area contributed by atoms with Crippen LogP contribution in [0.4, 0.5) is 13.2 Å². The van der Waals surface area contributed by atoms with Gasteiger partial charge in [0.05, 0.1) is 22.0 Å². The van der Waals surface area contributed by atoms with Gasteiger partial charge in [0.25, 0.3) is 0 Å². The Morgan fingerprint density at radius 3 is 2.33 bits per heavy atom. The second-order valence-corrected chi connectivity index (χ2v) is 9.22. The van der Waals surface area contributed by atoms with Crippen LogP contribution in [0.2, 0.25) is 5.02 Å². The molecular formula is C20H19ClF3N3O2S. The molecule has 1 heterocycles. The van der Waals surface area contributed by atoms with Crippen molar-refractivity contribution in [2.45, 2.75) is 31.5 Å². The van der Waals surface area contributed by atoms with Gasteiger partial charge in [0.1, 0.15) is 4.90 Å². The van der Waals surface area contributed by atoms with Crippen LogP contribution in [-0.4, -0.2) is 29.6 Å². The van der Waals surface area contributed by atoms with Gasteiger partial charge in [-0.2, -0.15) is 22.6 Å². The average Bonchev–Trinajstić information content (AvgIpc) is 2.96. The number of halogens is 4. The van der Waals surface area contributed by atoms with Crippen molar-refractivity contribution in [3.63, 3.8) is 0 Å². The number of para-hydroxylation sites is 1. The fourth-order valence-electron chi connectivity index (χ4n) is 3.08. The molecule has 0 bridgehead atoms. The van der Waals surface area contributed by atoms with Gasteiger partial charge in [0.2, 0.25) is 10.0 Å². The molecule has 0 saturated carbocycles. The molecule has 0 aliphatic heterocycles. The van der Waals surface area contributed by atoms with Crippen molar-refractivity contribution >= 4 is 21.6 Å². The minimum Gasteiger partial charge on any atom is -0.238 e. The van der Waals surface area contributed by atoms with Gasteiger partial charge in [-0.15, -0.1) is 0 Å². The number of hydrogen-bond acceptors (Lipinski definition) is 3. The summed E-state index contributed by atoms with van der Waals surface area (Å²) in [5.41, 5.74) is 1.75.